The first-order valence-corrected chi connectivity index (χ1v) is 9.00. The fourth-order valence-electron chi connectivity index (χ4n) is 3.65. The van der Waals surface area contributed by atoms with Crippen LogP contribution in [-0.2, 0) is 0 Å². The van der Waals surface area contributed by atoms with Crippen LogP contribution >= 0.6 is 0 Å². The minimum absolute atomic E-state index is 0.471. The van der Waals surface area contributed by atoms with Crippen LogP contribution in [0.1, 0.15) is 18.4 Å². The van der Waals surface area contributed by atoms with Crippen LogP contribution in [-0.4, -0.2) is 39.3 Å². The molecule has 0 bridgehead atoms. The van der Waals surface area contributed by atoms with Gasteiger partial charge in [0.1, 0.15) is 5.69 Å². The first kappa shape index (κ1) is 15.4. The number of nitrogens with one attached hydrogen (secondary N) is 4. The van der Waals surface area contributed by atoms with Gasteiger partial charge in [-0.25, -0.2) is 0 Å². The normalized spacial score (nSPS) is 20.2. The highest BCUT2D eigenvalue weighted by Crippen LogP contribution is 2.29. The summed E-state index contributed by atoms with van der Waals surface area (Å²) < 4.78 is 0. The van der Waals surface area contributed by atoms with Crippen molar-refractivity contribution in [1.82, 2.24) is 36.5 Å². The largest absolute Gasteiger partial charge is 0.315 e. The number of fused-ring (bicyclic) bond motifs is 1. The van der Waals surface area contributed by atoms with E-state index in [1.54, 1.807) is 12.4 Å². The second-order valence-electron chi connectivity index (χ2n) is 6.76. The van der Waals surface area contributed by atoms with E-state index in [0.29, 0.717) is 6.04 Å². The van der Waals surface area contributed by atoms with Crippen molar-refractivity contribution in [2.75, 3.05) is 13.1 Å². The van der Waals surface area contributed by atoms with Gasteiger partial charge in [0.05, 0.1) is 17.3 Å². The van der Waals surface area contributed by atoms with E-state index in [4.69, 9.17) is 0 Å². The highest BCUT2D eigenvalue weighted by molar-refractivity contribution is 5.94. The van der Waals surface area contributed by atoms with E-state index < -0.39 is 0 Å². The Kier molecular flexibility index (Phi) is 3.80. The Labute approximate surface area is 151 Å². The van der Waals surface area contributed by atoms with Gasteiger partial charge >= 0.3 is 0 Å². The van der Waals surface area contributed by atoms with Crippen molar-refractivity contribution in [2.45, 2.75) is 18.9 Å². The Balaban J connectivity index is 1.48. The monoisotopic (exact) mass is 347 g/mol. The highest BCUT2D eigenvalue weighted by atomic mass is 15.7. The fourth-order valence-corrected chi connectivity index (χ4v) is 3.65. The highest BCUT2D eigenvalue weighted by Gasteiger charge is 2.23. The van der Waals surface area contributed by atoms with E-state index in [2.05, 4.69) is 60.9 Å². The molecule has 132 valence electrons. The Hall–Kier alpha value is -2.90. The Bertz CT molecular complexity index is 941. The fraction of sp³-hybridized carbons (Fsp3) is 0.263. The molecule has 1 fully saturated rings. The van der Waals surface area contributed by atoms with Crippen LogP contribution in [0.15, 0.2) is 48.9 Å². The molecule has 7 heteroatoms. The van der Waals surface area contributed by atoms with Gasteiger partial charge in [-0.15, -0.1) is 5.53 Å². The molecule has 0 amide bonds. The molecule has 1 atom stereocenters. The van der Waals surface area contributed by atoms with Crippen LogP contribution in [0, 0.1) is 0 Å². The summed E-state index contributed by atoms with van der Waals surface area (Å²) in [5.74, 6) is 0. The molecular weight excluding hydrogens is 326 g/mol. The second-order valence-corrected chi connectivity index (χ2v) is 6.76. The third-order valence-corrected chi connectivity index (χ3v) is 5.08. The lowest BCUT2D eigenvalue weighted by Gasteiger charge is -2.30. The second kappa shape index (κ2) is 6.44. The summed E-state index contributed by atoms with van der Waals surface area (Å²) in [6.07, 6.45) is 8.15. The molecule has 4 heterocycles. The average Bonchev–Trinajstić information content (AvgIpc) is 3.36. The lowest BCUT2D eigenvalue weighted by Crippen LogP contribution is -2.49. The van der Waals surface area contributed by atoms with Gasteiger partial charge in [-0.3, -0.25) is 15.1 Å². The van der Waals surface area contributed by atoms with Gasteiger partial charge in [-0.05, 0) is 43.7 Å². The summed E-state index contributed by atoms with van der Waals surface area (Å²) in [5, 5.41) is 14.3. The molecule has 0 spiro atoms. The Morgan fingerprint density at radius 3 is 2.85 bits per heavy atom. The van der Waals surface area contributed by atoms with Gasteiger partial charge in [0.15, 0.2) is 0 Å². The van der Waals surface area contributed by atoms with Crippen LogP contribution < -0.4 is 16.3 Å². The number of hydrogen-bond acceptors (Lipinski definition) is 6. The molecule has 2 aliphatic heterocycles. The predicted octanol–water partition coefficient (Wildman–Crippen LogP) is 2.00. The molecule has 0 unspecified atom stereocenters. The van der Waals surface area contributed by atoms with E-state index in [1.807, 2.05) is 12.1 Å². The molecule has 1 aromatic carbocycles. The van der Waals surface area contributed by atoms with Gasteiger partial charge in [0, 0.05) is 41.7 Å². The maximum Gasteiger partial charge on any atom is 0.100 e. The van der Waals surface area contributed by atoms with E-state index in [-0.39, 0.29) is 0 Å². The zero-order chi connectivity index (χ0) is 17.3. The summed E-state index contributed by atoms with van der Waals surface area (Å²) in [6.45, 7) is 2.12. The Morgan fingerprint density at radius 1 is 1.08 bits per heavy atom. The van der Waals surface area contributed by atoms with Crippen molar-refractivity contribution in [3.63, 3.8) is 0 Å². The number of rotatable bonds is 3. The van der Waals surface area contributed by atoms with Crippen LogP contribution in [0.5, 0.6) is 0 Å². The molecule has 0 saturated carbocycles. The average molecular weight is 347 g/mol. The molecule has 0 radical (unpaired) electrons. The van der Waals surface area contributed by atoms with Crippen molar-refractivity contribution >= 4 is 16.6 Å². The number of aromatic nitrogens is 3. The third kappa shape index (κ3) is 2.71. The first-order chi connectivity index (χ1) is 12.9. The zero-order valence-corrected chi connectivity index (χ0v) is 14.4. The van der Waals surface area contributed by atoms with Gasteiger partial charge < -0.3 is 10.7 Å². The van der Waals surface area contributed by atoms with Crippen molar-refractivity contribution in [3.8, 4) is 11.3 Å². The zero-order valence-electron chi connectivity index (χ0n) is 14.4. The maximum atomic E-state index is 4.49. The maximum absolute atomic E-state index is 4.49. The molecular formula is C19H21N7. The number of H-pyrrole nitrogens is 1. The smallest absolute Gasteiger partial charge is 0.100 e. The van der Waals surface area contributed by atoms with Gasteiger partial charge in [-0.2, -0.15) is 5.10 Å². The van der Waals surface area contributed by atoms with Crippen molar-refractivity contribution in [2.24, 2.45) is 0 Å². The minimum Gasteiger partial charge on any atom is -0.315 e. The molecule has 0 aliphatic carbocycles. The lowest BCUT2D eigenvalue weighted by molar-refractivity contribution is 0.167. The number of piperidine rings is 1. The third-order valence-electron chi connectivity index (χ3n) is 5.08. The molecule has 3 aromatic rings. The van der Waals surface area contributed by atoms with Gasteiger partial charge in [0.25, 0.3) is 0 Å². The molecule has 5 rings (SSSR count). The minimum atomic E-state index is 0.471. The van der Waals surface area contributed by atoms with Gasteiger partial charge in [-0.1, -0.05) is 6.07 Å². The van der Waals surface area contributed by atoms with Crippen LogP contribution in [0.25, 0.3) is 27.9 Å². The molecule has 2 aliphatic rings. The number of hydrogen-bond donors (Lipinski definition) is 4. The molecule has 26 heavy (non-hydrogen) atoms. The SMILES string of the molecule is C1=C(c2ccc3[nH]nc(-c4ccncc4)c3c2)NNN1[C@@H]1CCCNC1. The Morgan fingerprint density at radius 2 is 2.00 bits per heavy atom. The molecule has 2 aromatic heterocycles. The number of nitrogens with zero attached hydrogens (tertiary/aromatic N) is 3. The van der Waals surface area contributed by atoms with E-state index in [9.17, 15) is 0 Å². The number of benzene rings is 1. The van der Waals surface area contributed by atoms with Crippen molar-refractivity contribution in [1.29, 1.82) is 0 Å². The van der Waals surface area contributed by atoms with Crippen molar-refractivity contribution in [3.05, 3.63) is 54.5 Å². The van der Waals surface area contributed by atoms with Crippen LogP contribution in [0.4, 0.5) is 0 Å². The predicted molar refractivity (Wildman–Crippen MR) is 101 cm³/mol. The van der Waals surface area contributed by atoms with Crippen molar-refractivity contribution < 1.29 is 0 Å². The number of pyridine rings is 1. The summed E-state index contributed by atoms with van der Waals surface area (Å²) in [4.78, 5) is 4.09. The van der Waals surface area contributed by atoms with E-state index >= 15 is 0 Å². The van der Waals surface area contributed by atoms with Gasteiger partial charge in [0.2, 0.25) is 0 Å². The summed E-state index contributed by atoms with van der Waals surface area (Å²) >= 11 is 0. The van der Waals surface area contributed by atoms with Crippen LogP contribution in [0.2, 0.25) is 0 Å². The quantitative estimate of drug-likeness (QED) is 0.580. The molecule has 1 saturated heterocycles. The summed E-state index contributed by atoms with van der Waals surface area (Å²) in [7, 11) is 0. The summed E-state index contributed by atoms with van der Waals surface area (Å²) in [6, 6.07) is 10.8. The van der Waals surface area contributed by atoms with E-state index in [1.165, 1.54) is 12.8 Å². The lowest BCUT2D eigenvalue weighted by atomic mass is 10.0. The number of aromatic amines is 1. The first-order valence-electron chi connectivity index (χ1n) is 9.00. The summed E-state index contributed by atoms with van der Waals surface area (Å²) in [5.41, 5.74) is 11.8. The number of hydrazine groups is 2. The van der Waals surface area contributed by atoms with Crippen LogP contribution in [0.3, 0.4) is 0 Å². The topological polar surface area (TPSA) is 80.9 Å². The molecule has 4 N–H and O–H groups in total. The van der Waals surface area contributed by atoms with E-state index in [0.717, 1.165) is 46.5 Å². The standard InChI is InChI=1S/C19H21N7/c1-2-15(11-21-7-1)26-12-18(23-25-26)14-3-4-17-16(10-14)19(24-22-17)13-5-8-20-9-6-13/h3-6,8-10,12,15,21,23,25H,1-2,7,11H2,(H,22,24)/t15-/m1/s1. The molecule has 7 nitrogen and oxygen atoms in total.